The highest BCUT2D eigenvalue weighted by Gasteiger charge is 2.45. The number of amides is 5. The van der Waals surface area contributed by atoms with E-state index in [1.807, 2.05) is 16.7 Å². The number of nitrogens with one attached hydrogen (secondary N) is 3. The number of piperazine rings is 1. The predicted octanol–water partition coefficient (Wildman–Crippen LogP) is 4.50. The summed E-state index contributed by atoms with van der Waals surface area (Å²) in [6.07, 6.45) is 9.91. The van der Waals surface area contributed by atoms with Crippen molar-refractivity contribution in [3.8, 4) is 0 Å². The highest BCUT2D eigenvalue weighted by atomic mass is 19.1. The molecule has 66 heavy (non-hydrogen) atoms. The molecule has 0 bridgehead atoms. The molecule has 5 amide bonds. The summed E-state index contributed by atoms with van der Waals surface area (Å²) in [7, 11) is 0. The minimum atomic E-state index is -0.955. The summed E-state index contributed by atoms with van der Waals surface area (Å²) < 4.78 is 15.5. The first kappa shape index (κ1) is 43.2. The number of hydrogen-bond donors (Lipinski definition) is 3. The molecule has 3 N–H and O–H groups in total. The summed E-state index contributed by atoms with van der Waals surface area (Å²) >= 11 is 0. The van der Waals surface area contributed by atoms with Gasteiger partial charge >= 0.3 is 0 Å². The predicted molar refractivity (Wildman–Crippen MR) is 243 cm³/mol. The number of carbonyl (C=O) groups excluding carboxylic acids is 5. The second kappa shape index (κ2) is 18.7. The van der Waals surface area contributed by atoms with Gasteiger partial charge in [0.1, 0.15) is 18.1 Å². The Balaban J connectivity index is 0.634. The Kier molecular flexibility index (Phi) is 12.2. The molecule has 17 nitrogen and oxygen atoms in total. The van der Waals surface area contributed by atoms with Gasteiger partial charge < -0.3 is 25.0 Å². The molecule has 0 unspecified atom stereocenters. The number of likely N-dealkylation sites (tertiary alicyclic amines) is 1. The van der Waals surface area contributed by atoms with Gasteiger partial charge in [-0.1, -0.05) is 18.2 Å². The van der Waals surface area contributed by atoms with Gasteiger partial charge in [-0.25, -0.2) is 19.9 Å². The Morgan fingerprint density at radius 2 is 1.61 bits per heavy atom. The number of benzene rings is 2. The van der Waals surface area contributed by atoms with E-state index in [-0.39, 0.29) is 42.4 Å². The maximum Gasteiger partial charge on any atom is 0.270 e. The Morgan fingerprint density at radius 3 is 2.38 bits per heavy atom. The molecule has 0 radical (unpaired) electrons. The van der Waals surface area contributed by atoms with Crippen molar-refractivity contribution in [2.24, 2.45) is 5.92 Å². The maximum absolute atomic E-state index is 13.5. The lowest BCUT2D eigenvalue weighted by molar-refractivity contribution is -0.136. The molecule has 10 rings (SSSR count). The summed E-state index contributed by atoms with van der Waals surface area (Å²) in [5.41, 5.74) is 5.14. The summed E-state index contributed by atoms with van der Waals surface area (Å²) in [5, 5.41) is 8.63. The van der Waals surface area contributed by atoms with Gasteiger partial charge in [0.15, 0.2) is 17.0 Å². The molecule has 0 spiro atoms. The fourth-order valence-electron chi connectivity index (χ4n) is 10.2. The quantitative estimate of drug-likeness (QED) is 0.0804. The van der Waals surface area contributed by atoms with Crippen LogP contribution in [0.2, 0.25) is 0 Å². The van der Waals surface area contributed by atoms with E-state index in [0.29, 0.717) is 47.6 Å². The molecule has 18 heteroatoms. The smallest absolute Gasteiger partial charge is 0.270 e. The molecule has 5 aromatic rings. The van der Waals surface area contributed by atoms with Crippen LogP contribution in [0, 0.1) is 11.9 Å². The van der Waals surface area contributed by atoms with E-state index in [2.05, 4.69) is 74.9 Å². The van der Waals surface area contributed by atoms with E-state index in [1.54, 1.807) is 12.4 Å². The average Bonchev–Trinajstić information content (AvgIpc) is 3.85. The lowest BCUT2D eigenvalue weighted by atomic mass is 9.86. The van der Waals surface area contributed by atoms with Crippen LogP contribution >= 0.6 is 0 Å². The van der Waals surface area contributed by atoms with Crippen molar-refractivity contribution in [1.29, 1.82) is 0 Å². The van der Waals surface area contributed by atoms with Gasteiger partial charge in [-0.2, -0.15) is 4.39 Å². The first-order valence-electron chi connectivity index (χ1n) is 23.2. The van der Waals surface area contributed by atoms with E-state index in [4.69, 9.17) is 0 Å². The number of nitrogens with zero attached hydrogens (tertiary/aromatic N) is 9. The molecular formula is C48H53FN12O5. The molecule has 3 aromatic heterocycles. The van der Waals surface area contributed by atoms with Crippen molar-refractivity contribution in [3.63, 3.8) is 0 Å². The van der Waals surface area contributed by atoms with Crippen LogP contribution in [0.3, 0.4) is 0 Å². The number of aryl methyl sites for hydroxylation is 1. The van der Waals surface area contributed by atoms with Crippen LogP contribution < -0.4 is 20.9 Å². The van der Waals surface area contributed by atoms with Gasteiger partial charge in [-0.15, -0.1) is 0 Å². The molecule has 342 valence electrons. The summed E-state index contributed by atoms with van der Waals surface area (Å²) in [6.45, 7) is 8.31. The largest absolute Gasteiger partial charge is 0.369 e. The third-order valence-corrected chi connectivity index (χ3v) is 14.0. The highest BCUT2D eigenvalue weighted by molar-refractivity contribution is 6.24. The van der Waals surface area contributed by atoms with Crippen molar-refractivity contribution in [3.05, 3.63) is 102 Å². The van der Waals surface area contributed by atoms with Gasteiger partial charge in [0.05, 0.1) is 17.5 Å². The third-order valence-electron chi connectivity index (χ3n) is 14.0. The number of pyridine rings is 1. The van der Waals surface area contributed by atoms with E-state index >= 15 is 0 Å². The lowest BCUT2D eigenvalue weighted by Gasteiger charge is -2.39. The topological polar surface area (TPSA) is 191 Å². The van der Waals surface area contributed by atoms with E-state index in [1.165, 1.54) is 43.1 Å². The number of anilines is 3. The second-order valence-electron chi connectivity index (χ2n) is 18.2. The number of rotatable bonds is 14. The van der Waals surface area contributed by atoms with Crippen molar-refractivity contribution in [1.82, 2.24) is 49.8 Å². The maximum atomic E-state index is 13.5. The monoisotopic (exact) mass is 896 g/mol. The molecule has 4 aliphatic heterocycles. The van der Waals surface area contributed by atoms with Crippen LogP contribution in [0.4, 0.5) is 21.6 Å². The molecule has 7 heterocycles. The SMILES string of the molecule is O=C1CC[C@H](N2C(=O)c3cccc(CCCCN4CCC(CN5CCN(c6ccc(Nc7ncnc8c7ncn8C7CC(NC(=O)c8cccc(F)n8)C7)cc6)CC5)CC4)c3C2=O)C(=O)N1. The number of carbonyl (C=O) groups is 5. The number of fused-ring (bicyclic) bond motifs is 2. The molecular weight excluding hydrogens is 844 g/mol. The summed E-state index contributed by atoms with van der Waals surface area (Å²) in [6, 6.07) is 17.1. The van der Waals surface area contributed by atoms with Crippen LogP contribution in [0.25, 0.3) is 11.2 Å². The van der Waals surface area contributed by atoms with Gasteiger partial charge in [-0.05, 0) is 125 Å². The third kappa shape index (κ3) is 8.98. The number of piperidine rings is 2. The first-order valence-corrected chi connectivity index (χ1v) is 23.2. The number of hydrogen-bond acceptors (Lipinski definition) is 13. The van der Waals surface area contributed by atoms with Crippen LogP contribution in [-0.2, 0) is 16.0 Å². The molecule has 3 saturated heterocycles. The Morgan fingerprint density at radius 1 is 0.818 bits per heavy atom. The average molecular weight is 897 g/mol. The van der Waals surface area contributed by atoms with Gasteiger partial charge in [0.2, 0.25) is 17.8 Å². The van der Waals surface area contributed by atoms with Gasteiger partial charge in [0.25, 0.3) is 17.7 Å². The van der Waals surface area contributed by atoms with Crippen molar-refractivity contribution in [2.75, 3.05) is 62.6 Å². The molecule has 4 fully saturated rings. The molecule has 2 aromatic carbocycles. The number of halogens is 1. The number of aromatic nitrogens is 5. The van der Waals surface area contributed by atoms with Crippen LogP contribution in [0.1, 0.15) is 94.2 Å². The Labute approximate surface area is 381 Å². The summed E-state index contributed by atoms with van der Waals surface area (Å²) in [4.78, 5) is 89.3. The summed E-state index contributed by atoms with van der Waals surface area (Å²) in [5.74, 6) is -1.63. The minimum absolute atomic E-state index is 0.0494. The van der Waals surface area contributed by atoms with Gasteiger partial charge in [0, 0.05) is 62.6 Å². The zero-order valence-corrected chi connectivity index (χ0v) is 36.7. The Bertz CT molecular complexity index is 2650. The van der Waals surface area contributed by atoms with Crippen molar-refractivity contribution in [2.45, 2.75) is 75.9 Å². The molecule has 1 atom stereocenters. The fourth-order valence-corrected chi connectivity index (χ4v) is 10.2. The molecule has 5 aliphatic rings. The number of unbranched alkanes of at least 4 members (excludes halogenated alkanes) is 1. The zero-order valence-electron chi connectivity index (χ0n) is 36.7. The number of imide groups is 2. The van der Waals surface area contributed by atoms with Crippen LogP contribution in [0.5, 0.6) is 0 Å². The lowest BCUT2D eigenvalue weighted by Crippen LogP contribution is -2.54. The van der Waals surface area contributed by atoms with Crippen molar-refractivity contribution < 1.29 is 28.4 Å². The van der Waals surface area contributed by atoms with Gasteiger partial charge in [-0.3, -0.25) is 39.1 Å². The zero-order chi connectivity index (χ0) is 45.3. The minimum Gasteiger partial charge on any atom is -0.369 e. The number of imidazole rings is 1. The fraction of sp³-hybridized carbons (Fsp3) is 0.438. The van der Waals surface area contributed by atoms with E-state index in [9.17, 15) is 28.4 Å². The van der Waals surface area contributed by atoms with Crippen LogP contribution in [-0.4, -0.2) is 133 Å². The Hall–Kier alpha value is -6.66. The van der Waals surface area contributed by atoms with E-state index in [0.717, 1.165) is 87.0 Å². The van der Waals surface area contributed by atoms with E-state index < -0.39 is 29.7 Å². The second-order valence-corrected chi connectivity index (χ2v) is 18.2. The highest BCUT2D eigenvalue weighted by Crippen LogP contribution is 2.36. The van der Waals surface area contributed by atoms with Crippen LogP contribution in [0.15, 0.2) is 73.3 Å². The van der Waals surface area contributed by atoms with Crippen molar-refractivity contribution >= 4 is 57.9 Å². The normalized spacial score (nSPS) is 21.8. The first-order chi connectivity index (χ1) is 32.1. The standard InChI is InChI=1S/C48H53FN12O5/c49-39-9-4-8-37(55-39)45(63)54-33-25-35(26-33)60-29-52-42-43(50-28-51-44(42)60)53-32-10-12-34(13-11-32)59-23-21-58(22-24-59)27-30-16-19-57(20-17-30)18-2-1-5-31-6-3-7-36-41(31)48(66)61(47(36)65)38-14-15-40(62)56-46(38)64/h3-4,6-13,28-30,33,35,38H,1-2,5,14-27H2,(H,54,63)(H,50,51,53)(H,56,62,64)/t33?,35?,38-/m0/s1. The molecule has 1 saturated carbocycles. The molecule has 1 aliphatic carbocycles.